The minimum Gasteiger partial charge on any atom is -0.392 e. The predicted octanol–water partition coefficient (Wildman–Crippen LogP) is 2.93. The number of hydrogen-bond acceptors (Lipinski definition) is 2. The van der Waals surface area contributed by atoms with E-state index in [-0.39, 0.29) is 6.61 Å². The Balaban J connectivity index is 0. The fourth-order valence-electron chi connectivity index (χ4n) is 0.846. The molecule has 0 heterocycles. The fourth-order valence-corrected chi connectivity index (χ4v) is 0.846. The van der Waals surface area contributed by atoms with E-state index in [9.17, 15) is 0 Å². The van der Waals surface area contributed by atoms with Gasteiger partial charge in [0.05, 0.1) is 6.61 Å². The number of methoxy groups -OCH3 is 1. The Bertz CT molecular complexity index is 165. The molecule has 2 nitrogen and oxygen atoms in total. The number of ether oxygens (including phenoxy) is 1. The summed E-state index contributed by atoms with van der Waals surface area (Å²) >= 11 is 0. The summed E-state index contributed by atoms with van der Waals surface area (Å²) in [6.45, 7) is 6.42. The van der Waals surface area contributed by atoms with E-state index in [0.717, 1.165) is 12.8 Å². The number of aliphatic hydroxyl groups is 1. The van der Waals surface area contributed by atoms with Gasteiger partial charge >= 0.3 is 0 Å². The normalized spacial score (nSPS) is 10.3. The van der Waals surface area contributed by atoms with Crippen molar-refractivity contribution in [2.75, 3.05) is 20.8 Å². The zero-order valence-corrected chi connectivity index (χ0v) is 10.1. The quantitative estimate of drug-likeness (QED) is 0.707. The summed E-state index contributed by atoms with van der Waals surface area (Å²) in [4.78, 5) is 0. The van der Waals surface area contributed by atoms with Gasteiger partial charge in [0.25, 0.3) is 0 Å². The van der Waals surface area contributed by atoms with Crippen molar-refractivity contribution in [1.82, 2.24) is 0 Å². The van der Waals surface area contributed by atoms with Gasteiger partial charge in [-0.05, 0) is 33.6 Å². The topological polar surface area (TPSA) is 29.5 Å². The smallest absolute Gasteiger partial charge is 0.0614 e. The lowest BCUT2D eigenvalue weighted by molar-refractivity contribution is 0.277. The Morgan fingerprint density at radius 2 is 1.64 bits per heavy atom. The van der Waals surface area contributed by atoms with Gasteiger partial charge in [0.1, 0.15) is 0 Å². The van der Waals surface area contributed by atoms with Gasteiger partial charge in [-0.15, -0.1) is 0 Å². The fraction of sp³-hybridized carbons (Fsp3) is 0.667. The molecular formula is C12H24O2. The molecule has 0 spiro atoms. The first-order valence-corrected chi connectivity index (χ1v) is 4.88. The molecule has 0 atom stereocenters. The molecule has 0 saturated carbocycles. The van der Waals surface area contributed by atoms with Crippen molar-refractivity contribution < 1.29 is 9.84 Å². The van der Waals surface area contributed by atoms with Crippen molar-refractivity contribution in [2.45, 2.75) is 33.6 Å². The summed E-state index contributed by atoms with van der Waals surface area (Å²) in [5.41, 5.74) is 2.63. The molecule has 2 heteroatoms. The SMILES string of the molecule is CC(C)=CCC/C(C)=C/CO.COC. The summed E-state index contributed by atoms with van der Waals surface area (Å²) in [5.74, 6) is 0. The summed E-state index contributed by atoms with van der Waals surface area (Å²) in [7, 11) is 3.25. The second-order valence-corrected chi connectivity index (χ2v) is 3.46. The predicted molar refractivity (Wildman–Crippen MR) is 62.4 cm³/mol. The molecule has 14 heavy (non-hydrogen) atoms. The highest BCUT2D eigenvalue weighted by Crippen LogP contribution is 2.05. The Morgan fingerprint density at radius 1 is 1.14 bits per heavy atom. The Labute approximate surface area is 88.3 Å². The molecule has 0 fully saturated rings. The Kier molecular flexibility index (Phi) is 14.0. The lowest BCUT2D eigenvalue weighted by Gasteiger charge is -1.96. The third-order valence-electron chi connectivity index (χ3n) is 1.53. The first-order chi connectivity index (χ1) is 6.58. The van der Waals surface area contributed by atoms with Gasteiger partial charge < -0.3 is 9.84 Å². The highest BCUT2D eigenvalue weighted by molar-refractivity contribution is 5.01. The van der Waals surface area contributed by atoms with Crippen molar-refractivity contribution in [3.63, 3.8) is 0 Å². The molecule has 0 saturated heterocycles. The summed E-state index contributed by atoms with van der Waals surface area (Å²) in [6.07, 6.45) is 6.23. The van der Waals surface area contributed by atoms with Crippen LogP contribution in [-0.2, 0) is 4.74 Å². The van der Waals surface area contributed by atoms with Gasteiger partial charge in [-0.1, -0.05) is 23.3 Å². The van der Waals surface area contributed by atoms with Crippen LogP contribution < -0.4 is 0 Å². The minimum absolute atomic E-state index is 0.167. The molecule has 0 aliphatic heterocycles. The molecular weight excluding hydrogens is 176 g/mol. The standard InChI is InChI=1S/C10H18O.C2H6O/c1-9(2)5-4-6-10(3)7-8-11;1-3-2/h5,7,11H,4,6,8H2,1-3H3;1-2H3/b10-7+;. The first kappa shape index (κ1) is 15.9. The Hall–Kier alpha value is -0.600. The first-order valence-electron chi connectivity index (χ1n) is 4.88. The van der Waals surface area contributed by atoms with Crippen LogP contribution in [0.25, 0.3) is 0 Å². The van der Waals surface area contributed by atoms with Crippen LogP contribution in [0, 0.1) is 0 Å². The lowest BCUT2D eigenvalue weighted by atomic mass is 10.1. The number of hydrogen-bond donors (Lipinski definition) is 1. The van der Waals surface area contributed by atoms with Gasteiger partial charge in [-0.25, -0.2) is 0 Å². The van der Waals surface area contributed by atoms with E-state index in [0.29, 0.717) is 0 Å². The van der Waals surface area contributed by atoms with E-state index in [1.54, 1.807) is 14.2 Å². The largest absolute Gasteiger partial charge is 0.392 e. The van der Waals surface area contributed by atoms with Gasteiger partial charge in [-0.3, -0.25) is 0 Å². The number of rotatable bonds is 4. The minimum atomic E-state index is 0.167. The third kappa shape index (κ3) is 17.5. The summed E-state index contributed by atoms with van der Waals surface area (Å²) < 4.78 is 4.25. The maximum Gasteiger partial charge on any atom is 0.0614 e. The van der Waals surface area contributed by atoms with Crippen molar-refractivity contribution in [1.29, 1.82) is 0 Å². The molecule has 0 bridgehead atoms. The molecule has 0 aromatic heterocycles. The zero-order valence-electron chi connectivity index (χ0n) is 10.1. The molecule has 0 amide bonds. The van der Waals surface area contributed by atoms with Crippen LogP contribution in [-0.4, -0.2) is 25.9 Å². The van der Waals surface area contributed by atoms with Crippen molar-refractivity contribution >= 4 is 0 Å². The number of aliphatic hydroxyl groups excluding tert-OH is 1. The van der Waals surface area contributed by atoms with E-state index < -0.39 is 0 Å². The van der Waals surface area contributed by atoms with Crippen LogP contribution >= 0.6 is 0 Å². The molecule has 0 aromatic carbocycles. The van der Waals surface area contributed by atoms with Crippen LogP contribution in [0.5, 0.6) is 0 Å². The van der Waals surface area contributed by atoms with E-state index >= 15 is 0 Å². The van der Waals surface area contributed by atoms with Gasteiger partial charge in [0, 0.05) is 14.2 Å². The van der Waals surface area contributed by atoms with Crippen LogP contribution in [0.15, 0.2) is 23.3 Å². The van der Waals surface area contributed by atoms with Crippen LogP contribution in [0.2, 0.25) is 0 Å². The van der Waals surface area contributed by atoms with Gasteiger partial charge in [0.15, 0.2) is 0 Å². The molecule has 0 radical (unpaired) electrons. The maximum atomic E-state index is 8.55. The van der Waals surface area contributed by atoms with Crippen LogP contribution in [0.4, 0.5) is 0 Å². The second-order valence-electron chi connectivity index (χ2n) is 3.46. The Morgan fingerprint density at radius 3 is 2.00 bits per heavy atom. The van der Waals surface area contributed by atoms with E-state index in [2.05, 4.69) is 31.6 Å². The van der Waals surface area contributed by atoms with E-state index in [1.165, 1.54) is 11.1 Å². The van der Waals surface area contributed by atoms with E-state index in [1.807, 2.05) is 6.08 Å². The molecule has 0 aromatic rings. The molecule has 0 rings (SSSR count). The van der Waals surface area contributed by atoms with Crippen LogP contribution in [0.3, 0.4) is 0 Å². The third-order valence-corrected chi connectivity index (χ3v) is 1.53. The van der Waals surface area contributed by atoms with Gasteiger partial charge in [0.2, 0.25) is 0 Å². The average molecular weight is 200 g/mol. The number of allylic oxidation sites excluding steroid dienone is 3. The van der Waals surface area contributed by atoms with Gasteiger partial charge in [-0.2, -0.15) is 0 Å². The van der Waals surface area contributed by atoms with Crippen molar-refractivity contribution in [2.24, 2.45) is 0 Å². The maximum absolute atomic E-state index is 8.55. The second kappa shape index (κ2) is 12.4. The molecule has 0 unspecified atom stereocenters. The molecule has 1 N–H and O–H groups in total. The molecule has 84 valence electrons. The zero-order chi connectivity index (χ0) is 11.4. The summed E-state index contributed by atoms with van der Waals surface area (Å²) in [6, 6.07) is 0. The lowest BCUT2D eigenvalue weighted by Crippen LogP contribution is -1.80. The molecule has 0 aliphatic carbocycles. The molecule has 0 aliphatic rings. The van der Waals surface area contributed by atoms with Crippen LogP contribution in [0.1, 0.15) is 33.6 Å². The summed E-state index contributed by atoms with van der Waals surface area (Å²) in [5, 5.41) is 8.55. The van der Waals surface area contributed by atoms with E-state index in [4.69, 9.17) is 5.11 Å². The monoisotopic (exact) mass is 200 g/mol. The van der Waals surface area contributed by atoms with Crippen molar-refractivity contribution in [3.05, 3.63) is 23.3 Å². The highest BCUT2D eigenvalue weighted by atomic mass is 16.4. The highest BCUT2D eigenvalue weighted by Gasteiger charge is 1.86. The van der Waals surface area contributed by atoms with Crippen molar-refractivity contribution in [3.8, 4) is 0 Å². The average Bonchev–Trinajstić information content (AvgIpc) is 2.05.